The highest BCUT2D eigenvalue weighted by molar-refractivity contribution is 5.68. The van der Waals surface area contributed by atoms with Crippen LogP contribution in [0.1, 0.15) is 33.6 Å². The molecule has 1 amide bonds. The first kappa shape index (κ1) is 13.7. The molecular weight excluding hydrogens is 246 g/mol. The molecule has 2 rings (SSSR count). The van der Waals surface area contributed by atoms with Gasteiger partial charge in [-0.15, -0.1) is 0 Å². The Kier molecular flexibility index (Phi) is 3.97. The van der Waals surface area contributed by atoms with Gasteiger partial charge in [-0.25, -0.2) is 9.89 Å². The van der Waals surface area contributed by atoms with Crippen molar-refractivity contribution in [3.63, 3.8) is 0 Å². The number of hydrogen-bond acceptors (Lipinski definition) is 4. The van der Waals surface area contributed by atoms with Gasteiger partial charge in [-0.2, -0.15) is 5.10 Å². The molecule has 0 aliphatic carbocycles. The van der Waals surface area contributed by atoms with Crippen molar-refractivity contribution in [2.75, 3.05) is 13.1 Å². The monoisotopic (exact) mass is 267 g/mol. The minimum atomic E-state index is -0.444. The molecule has 0 atom stereocenters. The minimum Gasteiger partial charge on any atom is -0.475 e. The second-order valence-corrected chi connectivity index (χ2v) is 5.71. The molecule has 106 valence electrons. The highest BCUT2D eigenvalue weighted by atomic mass is 16.6. The number of H-pyrrole nitrogens is 1. The van der Waals surface area contributed by atoms with E-state index >= 15 is 0 Å². The van der Waals surface area contributed by atoms with Gasteiger partial charge in [0.2, 0.25) is 5.88 Å². The third kappa shape index (κ3) is 4.15. The largest absolute Gasteiger partial charge is 0.475 e. The molecule has 19 heavy (non-hydrogen) atoms. The van der Waals surface area contributed by atoms with E-state index in [-0.39, 0.29) is 12.2 Å². The van der Waals surface area contributed by atoms with Gasteiger partial charge in [-0.3, -0.25) is 0 Å². The molecule has 0 spiro atoms. The Morgan fingerprint density at radius 3 is 2.63 bits per heavy atom. The van der Waals surface area contributed by atoms with Gasteiger partial charge in [0.25, 0.3) is 0 Å². The Morgan fingerprint density at radius 2 is 2.11 bits per heavy atom. The molecule has 1 N–H and O–H groups in total. The van der Waals surface area contributed by atoms with Gasteiger partial charge in [0.1, 0.15) is 11.7 Å². The maximum Gasteiger partial charge on any atom is 0.410 e. The fourth-order valence-corrected chi connectivity index (χ4v) is 1.97. The molecular formula is C13H21N3O3. The fraction of sp³-hybridized carbons (Fsp3) is 0.692. The average Bonchev–Trinajstić information content (AvgIpc) is 2.80. The Hall–Kier alpha value is -1.72. The van der Waals surface area contributed by atoms with E-state index in [1.807, 2.05) is 20.8 Å². The van der Waals surface area contributed by atoms with Crippen LogP contribution < -0.4 is 4.74 Å². The summed E-state index contributed by atoms with van der Waals surface area (Å²) < 4.78 is 11.1. The number of piperidine rings is 1. The maximum absolute atomic E-state index is 11.9. The zero-order valence-corrected chi connectivity index (χ0v) is 11.7. The number of carbonyl (C=O) groups is 1. The van der Waals surface area contributed by atoms with Crippen molar-refractivity contribution in [3.8, 4) is 5.88 Å². The van der Waals surface area contributed by atoms with Gasteiger partial charge in [0, 0.05) is 32.0 Å². The van der Waals surface area contributed by atoms with Crippen molar-refractivity contribution in [1.82, 2.24) is 15.1 Å². The standard InChI is InChI=1S/C13H21N3O3/c1-13(2,3)19-12(17)16-8-5-10(6-9-16)18-11-4-7-14-15-11/h4,7,10H,5-6,8-9H2,1-3H3,(H,14,15). The number of likely N-dealkylation sites (tertiary alicyclic amines) is 1. The summed E-state index contributed by atoms with van der Waals surface area (Å²) in [7, 11) is 0. The normalized spacial score (nSPS) is 17.3. The predicted octanol–water partition coefficient (Wildman–Crippen LogP) is 2.19. The summed E-state index contributed by atoms with van der Waals surface area (Å²) in [6.45, 7) is 6.94. The molecule has 0 aromatic carbocycles. The third-order valence-electron chi connectivity index (χ3n) is 2.86. The Bertz CT molecular complexity index is 403. The Labute approximate surface area is 113 Å². The number of rotatable bonds is 2. The van der Waals surface area contributed by atoms with Crippen LogP contribution in [0.5, 0.6) is 5.88 Å². The van der Waals surface area contributed by atoms with Crippen molar-refractivity contribution < 1.29 is 14.3 Å². The van der Waals surface area contributed by atoms with E-state index in [1.165, 1.54) is 0 Å². The van der Waals surface area contributed by atoms with Crippen molar-refractivity contribution in [2.45, 2.75) is 45.3 Å². The second kappa shape index (κ2) is 5.50. The zero-order valence-electron chi connectivity index (χ0n) is 11.7. The van der Waals surface area contributed by atoms with Crippen LogP contribution in [0, 0.1) is 0 Å². The second-order valence-electron chi connectivity index (χ2n) is 5.71. The van der Waals surface area contributed by atoms with Crippen LogP contribution in [0.3, 0.4) is 0 Å². The SMILES string of the molecule is CC(C)(C)OC(=O)N1CCC(Oc2ccn[nH]2)CC1. The topological polar surface area (TPSA) is 67.4 Å². The highest BCUT2D eigenvalue weighted by Crippen LogP contribution is 2.18. The zero-order chi connectivity index (χ0) is 13.9. The van der Waals surface area contributed by atoms with Crippen LogP contribution >= 0.6 is 0 Å². The number of amides is 1. The van der Waals surface area contributed by atoms with E-state index in [0.29, 0.717) is 19.0 Å². The van der Waals surface area contributed by atoms with E-state index in [9.17, 15) is 4.79 Å². The summed E-state index contributed by atoms with van der Waals surface area (Å²) >= 11 is 0. The van der Waals surface area contributed by atoms with E-state index in [2.05, 4.69) is 10.2 Å². The minimum absolute atomic E-state index is 0.124. The summed E-state index contributed by atoms with van der Waals surface area (Å²) in [5.74, 6) is 0.677. The predicted molar refractivity (Wildman–Crippen MR) is 70.0 cm³/mol. The van der Waals surface area contributed by atoms with Gasteiger partial charge in [0.15, 0.2) is 0 Å². The van der Waals surface area contributed by atoms with E-state index in [0.717, 1.165) is 12.8 Å². The number of aromatic nitrogens is 2. The lowest BCUT2D eigenvalue weighted by atomic mass is 10.1. The molecule has 0 bridgehead atoms. The van der Waals surface area contributed by atoms with Crippen LogP contribution in [0.25, 0.3) is 0 Å². The molecule has 1 aromatic rings. The molecule has 0 unspecified atom stereocenters. The van der Waals surface area contributed by atoms with Crippen LogP contribution in [0.2, 0.25) is 0 Å². The molecule has 1 fully saturated rings. The Morgan fingerprint density at radius 1 is 1.42 bits per heavy atom. The van der Waals surface area contributed by atoms with E-state index < -0.39 is 5.60 Å². The lowest BCUT2D eigenvalue weighted by Gasteiger charge is -2.33. The molecule has 1 aliphatic heterocycles. The molecule has 0 saturated carbocycles. The summed E-state index contributed by atoms with van der Waals surface area (Å²) in [6.07, 6.45) is 3.15. The Balaban J connectivity index is 1.77. The third-order valence-corrected chi connectivity index (χ3v) is 2.86. The molecule has 6 heteroatoms. The van der Waals surface area contributed by atoms with E-state index in [1.54, 1.807) is 17.2 Å². The van der Waals surface area contributed by atoms with Crippen molar-refractivity contribution in [1.29, 1.82) is 0 Å². The number of carbonyl (C=O) groups excluding carboxylic acids is 1. The van der Waals surface area contributed by atoms with Gasteiger partial charge in [0.05, 0.1) is 6.20 Å². The number of aromatic amines is 1. The van der Waals surface area contributed by atoms with Crippen molar-refractivity contribution in [2.24, 2.45) is 0 Å². The average molecular weight is 267 g/mol. The number of hydrogen-bond donors (Lipinski definition) is 1. The molecule has 1 saturated heterocycles. The lowest BCUT2D eigenvalue weighted by molar-refractivity contribution is 0.0123. The van der Waals surface area contributed by atoms with Crippen molar-refractivity contribution in [3.05, 3.63) is 12.3 Å². The van der Waals surface area contributed by atoms with Crippen LogP contribution in [0.4, 0.5) is 4.79 Å². The fourth-order valence-electron chi connectivity index (χ4n) is 1.97. The van der Waals surface area contributed by atoms with Crippen LogP contribution in [-0.2, 0) is 4.74 Å². The summed E-state index contributed by atoms with van der Waals surface area (Å²) in [4.78, 5) is 13.6. The number of nitrogens with zero attached hydrogens (tertiary/aromatic N) is 2. The molecule has 2 heterocycles. The van der Waals surface area contributed by atoms with Gasteiger partial charge in [-0.1, -0.05) is 0 Å². The number of ether oxygens (including phenoxy) is 2. The lowest BCUT2D eigenvalue weighted by Crippen LogP contribution is -2.44. The smallest absolute Gasteiger partial charge is 0.410 e. The number of nitrogens with one attached hydrogen (secondary N) is 1. The quantitative estimate of drug-likeness (QED) is 0.892. The first-order valence-corrected chi connectivity index (χ1v) is 6.58. The van der Waals surface area contributed by atoms with Gasteiger partial charge < -0.3 is 14.4 Å². The van der Waals surface area contributed by atoms with Crippen LogP contribution in [0.15, 0.2) is 12.3 Å². The van der Waals surface area contributed by atoms with Crippen LogP contribution in [-0.4, -0.2) is 46.0 Å². The molecule has 1 aromatic heterocycles. The van der Waals surface area contributed by atoms with E-state index in [4.69, 9.17) is 9.47 Å². The van der Waals surface area contributed by atoms with Gasteiger partial charge >= 0.3 is 6.09 Å². The first-order chi connectivity index (χ1) is 8.94. The highest BCUT2D eigenvalue weighted by Gasteiger charge is 2.27. The maximum atomic E-state index is 11.9. The summed E-state index contributed by atoms with van der Waals surface area (Å²) in [6, 6.07) is 1.79. The molecule has 0 radical (unpaired) electrons. The van der Waals surface area contributed by atoms with Gasteiger partial charge in [-0.05, 0) is 20.8 Å². The molecule has 6 nitrogen and oxygen atoms in total. The van der Waals surface area contributed by atoms with Crippen molar-refractivity contribution >= 4 is 6.09 Å². The summed E-state index contributed by atoms with van der Waals surface area (Å²) in [5, 5.41) is 6.61. The first-order valence-electron chi connectivity index (χ1n) is 6.58. The summed E-state index contributed by atoms with van der Waals surface area (Å²) in [5.41, 5.74) is -0.444. The molecule has 1 aliphatic rings.